The van der Waals surface area contributed by atoms with E-state index in [0.29, 0.717) is 32.0 Å². The standard InChI is InChI=1S/C16H15Cl3N2O3S/c1-10-14(19)4-3-5-15(10)21(25(2,23)24)9-16(22)20-13-7-11(17)6-12(18)8-13/h3-8H,9H2,1-2H3,(H,20,22). The number of hydrogen-bond donors (Lipinski definition) is 1. The Balaban J connectivity index is 2.29. The number of rotatable bonds is 5. The molecule has 0 saturated heterocycles. The molecule has 5 nitrogen and oxygen atoms in total. The van der Waals surface area contributed by atoms with Gasteiger partial charge in [0, 0.05) is 20.8 Å². The van der Waals surface area contributed by atoms with Crippen LogP contribution < -0.4 is 9.62 Å². The van der Waals surface area contributed by atoms with E-state index in [0.717, 1.165) is 10.6 Å². The van der Waals surface area contributed by atoms with Gasteiger partial charge in [0.15, 0.2) is 0 Å². The van der Waals surface area contributed by atoms with E-state index in [1.807, 2.05) is 0 Å². The number of carbonyl (C=O) groups excluding carboxylic acids is 1. The molecule has 2 aromatic rings. The van der Waals surface area contributed by atoms with Crippen molar-refractivity contribution in [1.29, 1.82) is 0 Å². The first-order chi connectivity index (χ1) is 11.6. The number of sulfonamides is 1. The fourth-order valence-electron chi connectivity index (χ4n) is 2.20. The molecule has 0 fully saturated rings. The van der Waals surface area contributed by atoms with E-state index in [2.05, 4.69) is 5.32 Å². The summed E-state index contributed by atoms with van der Waals surface area (Å²) in [4.78, 5) is 12.3. The highest BCUT2D eigenvalue weighted by Gasteiger charge is 2.23. The summed E-state index contributed by atoms with van der Waals surface area (Å²) in [7, 11) is -3.70. The first kappa shape index (κ1) is 19.8. The van der Waals surface area contributed by atoms with Gasteiger partial charge in [0.25, 0.3) is 0 Å². The first-order valence-corrected chi connectivity index (χ1v) is 10.0. The monoisotopic (exact) mass is 420 g/mol. The smallest absolute Gasteiger partial charge is 0.245 e. The van der Waals surface area contributed by atoms with Crippen molar-refractivity contribution in [2.24, 2.45) is 0 Å². The second kappa shape index (κ2) is 7.83. The van der Waals surface area contributed by atoms with Gasteiger partial charge in [-0.15, -0.1) is 0 Å². The Bertz CT molecular complexity index is 897. The van der Waals surface area contributed by atoms with Crippen molar-refractivity contribution in [3.05, 3.63) is 57.0 Å². The van der Waals surface area contributed by atoms with Gasteiger partial charge >= 0.3 is 0 Å². The number of amides is 1. The molecule has 0 saturated carbocycles. The minimum absolute atomic E-state index is 0.342. The Morgan fingerprint density at radius 3 is 2.28 bits per heavy atom. The summed E-state index contributed by atoms with van der Waals surface area (Å²) in [6, 6.07) is 9.41. The van der Waals surface area contributed by atoms with Crippen molar-refractivity contribution < 1.29 is 13.2 Å². The van der Waals surface area contributed by atoms with Crippen molar-refractivity contribution in [2.45, 2.75) is 6.92 Å². The average molecular weight is 422 g/mol. The van der Waals surface area contributed by atoms with Gasteiger partial charge in [-0.3, -0.25) is 9.10 Å². The fourth-order valence-corrected chi connectivity index (χ4v) is 3.81. The average Bonchev–Trinajstić information content (AvgIpc) is 2.46. The third-order valence-corrected chi connectivity index (χ3v) is 5.31. The van der Waals surface area contributed by atoms with Gasteiger partial charge in [0.2, 0.25) is 15.9 Å². The number of nitrogens with one attached hydrogen (secondary N) is 1. The Kier molecular flexibility index (Phi) is 6.21. The number of anilines is 2. The number of hydrogen-bond acceptors (Lipinski definition) is 3. The van der Waals surface area contributed by atoms with Crippen LogP contribution >= 0.6 is 34.8 Å². The van der Waals surface area contributed by atoms with Crippen molar-refractivity contribution >= 4 is 62.1 Å². The summed E-state index contributed by atoms with van der Waals surface area (Å²) in [5.74, 6) is -0.539. The molecule has 0 aliphatic rings. The lowest BCUT2D eigenvalue weighted by atomic mass is 10.2. The lowest BCUT2D eigenvalue weighted by Gasteiger charge is -2.24. The van der Waals surface area contributed by atoms with Gasteiger partial charge in [-0.25, -0.2) is 8.42 Å². The van der Waals surface area contributed by atoms with Crippen LogP contribution in [0.4, 0.5) is 11.4 Å². The van der Waals surface area contributed by atoms with Crippen LogP contribution in [0.5, 0.6) is 0 Å². The largest absolute Gasteiger partial charge is 0.324 e. The van der Waals surface area contributed by atoms with E-state index < -0.39 is 22.5 Å². The molecule has 0 heterocycles. The van der Waals surface area contributed by atoms with Gasteiger partial charge in [-0.1, -0.05) is 40.9 Å². The van der Waals surface area contributed by atoms with Gasteiger partial charge < -0.3 is 5.32 Å². The van der Waals surface area contributed by atoms with Crippen LogP contribution in [0.3, 0.4) is 0 Å². The minimum Gasteiger partial charge on any atom is -0.324 e. The van der Waals surface area contributed by atoms with Gasteiger partial charge in [0.1, 0.15) is 6.54 Å². The zero-order valence-corrected chi connectivity index (χ0v) is 16.5. The molecule has 134 valence electrons. The maximum Gasteiger partial charge on any atom is 0.245 e. The summed E-state index contributed by atoms with van der Waals surface area (Å²) in [5.41, 5.74) is 1.28. The lowest BCUT2D eigenvalue weighted by Crippen LogP contribution is -2.37. The lowest BCUT2D eigenvalue weighted by molar-refractivity contribution is -0.114. The molecule has 0 unspecified atom stereocenters. The highest BCUT2D eigenvalue weighted by molar-refractivity contribution is 7.92. The molecule has 0 aliphatic carbocycles. The molecule has 0 aliphatic heterocycles. The summed E-state index contributed by atoms with van der Waals surface area (Å²) in [6.07, 6.45) is 1.02. The molecule has 0 spiro atoms. The topological polar surface area (TPSA) is 66.5 Å². The van der Waals surface area contributed by atoms with Crippen LogP contribution in [0.2, 0.25) is 15.1 Å². The summed E-state index contributed by atoms with van der Waals surface area (Å²) < 4.78 is 25.3. The van der Waals surface area contributed by atoms with Crippen LogP contribution in [0, 0.1) is 6.92 Å². The Morgan fingerprint density at radius 1 is 1.12 bits per heavy atom. The highest BCUT2D eigenvalue weighted by Crippen LogP contribution is 2.28. The molecule has 2 rings (SSSR count). The fraction of sp³-hybridized carbons (Fsp3) is 0.188. The Morgan fingerprint density at radius 2 is 1.72 bits per heavy atom. The molecule has 0 aromatic heterocycles. The van der Waals surface area contributed by atoms with E-state index in [4.69, 9.17) is 34.8 Å². The van der Waals surface area contributed by atoms with E-state index >= 15 is 0 Å². The number of benzene rings is 2. The molecule has 0 radical (unpaired) electrons. The van der Waals surface area contributed by atoms with E-state index in [9.17, 15) is 13.2 Å². The van der Waals surface area contributed by atoms with Crippen LogP contribution in [0.1, 0.15) is 5.56 Å². The van der Waals surface area contributed by atoms with Crippen molar-refractivity contribution in [2.75, 3.05) is 22.4 Å². The van der Waals surface area contributed by atoms with Crippen molar-refractivity contribution in [1.82, 2.24) is 0 Å². The second-order valence-corrected chi connectivity index (χ2v) is 8.55. The van der Waals surface area contributed by atoms with Crippen LogP contribution in [0.25, 0.3) is 0 Å². The van der Waals surface area contributed by atoms with E-state index in [-0.39, 0.29) is 0 Å². The third-order valence-electron chi connectivity index (χ3n) is 3.34. The van der Waals surface area contributed by atoms with Crippen molar-refractivity contribution in [3.8, 4) is 0 Å². The predicted molar refractivity (Wildman–Crippen MR) is 103 cm³/mol. The molecule has 9 heteroatoms. The van der Waals surface area contributed by atoms with Gasteiger partial charge in [0.05, 0.1) is 11.9 Å². The van der Waals surface area contributed by atoms with Crippen LogP contribution in [-0.2, 0) is 14.8 Å². The molecule has 1 N–H and O–H groups in total. The second-order valence-electron chi connectivity index (χ2n) is 5.36. The van der Waals surface area contributed by atoms with Crippen LogP contribution in [0.15, 0.2) is 36.4 Å². The van der Waals surface area contributed by atoms with E-state index in [1.165, 1.54) is 18.2 Å². The molecular formula is C16H15Cl3N2O3S. The SMILES string of the molecule is Cc1c(Cl)cccc1N(CC(=O)Nc1cc(Cl)cc(Cl)c1)S(C)(=O)=O. The molecule has 1 amide bonds. The zero-order valence-electron chi connectivity index (χ0n) is 13.4. The number of carbonyl (C=O) groups is 1. The first-order valence-electron chi connectivity index (χ1n) is 7.06. The predicted octanol–water partition coefficient (Wildman–Crippen LogP) is 4.36. The number of halogens is 3. The molecule has 2 aromatic carbocycles. The highest BCUT2D eigenvalue weighted by atomic mass is 35.5. The molecule has 25 heavy (non-hydrogen) atoms. The molecular weight excluding hydrogens is 407 g/mol. The minimum atomic E-state index is -3.70. The molecule has 0 bridgehead atoms. The summed E-state index contributed by atoms with van der Waals surface area (Å²) in [6.45, 7) is 1.27. The molecule has 0 atom stereocenters. The maximum atomic E-state index is 12.3. The normalized spacial score (nSPS) is 11.2. The van der Waals surface area contributed by atoms with Gasteiger partial charge in [-0.2, -0.15) is 0 Å². The number of nitrogens with zero attached hydrogens (tertiary/aromatic N) is 1. The van der Waals surface area contributed by atoms with E-state index in [1.54, 1.807) is 25.1 Å². The maximum absolute atomic E-state index is 12.3. The van der Waals surface area contributed by atoms with Crippen LogP contribution in [-0.4, -0.2) is 27.1 Å². The third kappa shape index (κ3) is 5.25. The van der Waals surface area contributed by atoms with Crippen molar-refractivity contribution in [3.63, 3.8) is 0 Å². The Hall–Kier alpha value is -1.47. The zero-order chi connectivity index (χ0) is 18.8. The summed E-state index contributed by atoms with van der Waals surface area (Å²) >= 11 is 17.8. The Labute approximate surface area is 161 Å². The quantitative estimate of drug-likeness (QED) is 0.780. The van der Waals surface area contributed by atoms with Gasteiger partial charge in [-0.05, 0) is 42.8 Å². The summed E-state index contributed by atoms with van der Waals surface area (Å²) in [5, 5.41) is 3.70.